The van der Waals surface area contributed by atoms with Gasteiger partial charge in [0.2, 0.25) is 0 Å². The molecule has 5 nitrogen and oxygen atoms in total. The Labute approximate surface area is 151 Å². The SMILES string of the molecule is CCn1ncc2c(Nc3ccccc3)c(C(=O)c3ccccc3)cnc21. The summed E-state index contributed by atoms with van der Waals surface area (Å²) < 4.78 is 1.82. The van der Waals surface area contributed by atoms with Crippen molar-refractivity contribution in [2.75, 3.05) is 5.32 Å². The van der Waals surface area contributed by atoms with Gasteiger partial charge in [-0.15, -0.1) is 0 Å². The third kappa shape index (κ3) is 2.84. The monoisotopic (exact) mass is 342 g/mol. The van der Waals surface area contributed by atoms with Gasteiger partial charge in [0.25, 0.3) is 0 Å². The molecule has 0 radical (unpaired) electrons. The number of hydrogen-bond donors (Lipinski definition) is 1. The van der Waals surface area contributed by atoms with Crippen LogP contribution in [0.1, 0.15) is 22.8 Å². The smallest absolute Gasteiger partial charge is 0.196 e. The molecule has 4 aromatic rings. The fourth-order valence-electron chi connectivity index (χ4n) is 2.98. The number of nitrogens with one attached hydrogen (secondary N) is 1. The minimum atomic E-state index is -0.0670. The largest absolute Gasteiger partial charge is 0.354 e. The lowest BCUT2D eigenvalue weighted by Crippen LogP contribution is -2.07. The van der Waals surface area contributed by atoms with Crippen LogP contribution in [-0.2, 0) is 6.54 Å². The van der Waals surface area contributed by atoms with Gasteiger partial charge in [-0.2, -0.15) is 5.10 Å². The fourth-order valence-corrected chi connectivity index (χ4v) is 2.98. The molecule has 26 heavy (non-hydrogen) atoms. The summed E-state index contributed by atoms with van der Waals surface area (Å²) in [5, 5.41) is 8.61. The van der Waals surface area contributed by atoms with Crippen LogP contribution in [-0.4, -0.2) is 20.5 Å². The lowest BCUT2D eigenvalue weighted by molar-refractivity contribution is 0.103. The first-order chi connectivity index (χ1) is 12.8. The normalized spacial score (nSPS) is 10.8. The van der Waals surface area contributed by atoms with Crippen LogP contribution in [0.5, 0.6) is 0 Å². The van der Waals surface area contributed by atoms with E-state index < -0.39 is 0 Å². The summed E-state index contributed by atoms with van der Waals surface area (Å²) in [4.78, 5) is 17.6. The average molecular weight is 342 g/mol. The quantitative estimate of drug-likeness (QED) is 0.545. The van der Waals surface area contributed by atoms with E-state index in [9.17, 15) is 4.79 Å². The zero-order chi connectivity index (χ0) is 17.9. The number of rotatable bonds is 5. The van der Waals surface area contributed by atoms with Gasteiger partial charge in [0.1, 0.15) is 0 Å². The molecule has 0 aliphatic carbocycles. The van der Waals surface area contributed by atoms with Crippen molar-refractivity contribution >= 4 is 28.2 Å². The number of fused-ring (bicyclic) bond motifs is 1. The minimum Gasteiger partial charge on any atom is -0.354 e. The van der Waals surface area contributed by atoms with Crippen LogP contribution < -0.4 is 5.32 Å². The van der Waals surface area contributed by atoms with Crippen LogP contribution in [0.15, 0.2) is 73.1 Å². The molecule has 2 aromatic heterocycles. The topological polar surface area (TPSA) is 59.8 Å². The van der Waals surface area contributed by atoms with Gasteiger partial charge in [-0.05, 0) is 19.1 Å². The van der Waals surface area contributed by atoms with Crippen molar-refractivity contribution in [3.05, 3.63) is 84.2 Å². The lowest BCUT2D eigenvalue weighted by Gasteiger charge is -2.13. The summed E-state index contributed by atoms with van der Waals surface area (Å²) >= 11 is 0. The van der Waals surface area contributed by atoms with Crippen molar-refractivity contribution in [1.29, 1.82) is 0 Å². The van der Waals surface area contributed by atoms with Gasteiger partial charge in [-0.1, -0.05) is 48.5 Å². The highest BCUT2D eigenvalue weighted by atomic mass is 16.1. The number of nitrogens with zero attached hydrogens (tertiary/aromatic N) is 3. The third-order valence-corrected chi connectivity index (χ3v) is 4.29. The van der Waals surface area contributed by atoms with Crippen molar-refractivity contribution in [2.45, 2.75) is 13.5 Å². The van der Waals surface area contributed by atoms with E-state index in [1.807, 2.05) is 72.3 Å². The predicted octanol–water partition coefficient (Wildman–Crippen LogP) is 4.43. The first-order valence-corrected chi connectivity index (χ1v) is 8.54. The van der Waals surface area contributed by atoms with Gasteiger partial charge in [-0.25, -0.2) is 9.67 Å². The van der Waals surface area contributed by atoms with E-state index in [0.29, 0.717) is 17.7 Å². The number of carbonyl (C=O) groups excluding carboxylic acids is 1. The van der Waals surface area contributed by atoms with E-state index in [4.69, 9.17) is 0 Å². The highest BCUT2D eigenvalue weighted by Crippen LogP contribution is 2.30. The highest BCUT2D eigenvalue weighted by Gasteiger charge is 2.19. The number of aromatic nitrogens is 3. The molecule has 0 spiro atoms. The number of aryl methyl sites for hydroxylation is 1. The van der Waals surface area contributed by atoms with E-state index in [1.165, 1.54) is 0 Å². The van der Waals surface area contributed by atoms with Crippen molar-refractivity contribution in [1.82, 2.24) is 14.8 Å². The van der Waals surface area contributed by atoms with Crippen LogP contribution in [0.25, 0.3) is 11.0 Å². The maximum Gasteiger partial charge on any atom is 0.196 e. The molecule has 0 saturated heterocycles. The summed E-state index contributed by atoms with van der Waals surface area (Å²) in [5.41, 5.74) is 3.56. The number of carbonyl (C=O) groups is 1. The maximum atomic E-state index is 13.1. The van der Waals surface area contributed by atoms with E-state index in [0.717, 1.165) is 22.4 Å². The zero-order valence-corrected chi connectivity index (χ0v) is 14.4. The Morgan fingerprint density at radius 3 is 2.38 bits per heavy atom. The number of ketones is 1. The molecule has 0 fully saturated rings. The number of hydrogen-bond acceptors (Lipinski definition) is 4. The second-order valence-electron chi connectivity index (χ2n) is 5.93. The Balaban J connectivity index is 1.89. The second kappa shape index (κ2) is 6.80. The summed E-state index contributed by atoms with van der Waals surface area (Å²) in [7, 11) is 0. The fraction of sp³-hybridized carbons (Fsp3) is 0.0952. The molecule has 2 aromatic carbocycles. The molecule has 1 N–H and O–H groups in total. The van der Waals surface area contributed by atoms with Crippen LogP contribution in [0.3, 0.4) is 0 Å². The summed E-state index contributed by atoms with van der Waals surface area (Å²) in [6.07, 6.45) is 3.40. The van der Waals surface area contributed by atoms with E-state index >= 15 is 0 Å². The molecule has 0 aliphatic heterocycles. The molecule has 0 bridgehead atoms. The molecule has 5 heteroatoms. The molecule has 0 amide bonds. The number of pyridine rings is 1. The molecule has 128 valence electrons. The first kappa shape index (κ1) is 16.0. The van der Waals surface area contributed by atoms with Crippen molar-refractivity contribution in [2.24, 2.45) is 0 Å². The summed E-state index contributed by atoms with van der Waals surface area (Å²) in [5.74, 6) is -0.0670. The van der Waals surface area contributed by atoms with Crippen LogP contribution in [0.2, 0.25) is 0 Å². The van der Waals surface area contributed by atoms with Gasteiger partial charge >= 0.3 is 0 Å². The Morgan fingerprint density at radius 1 is 1.00 bits per heavy atom. The van der Waals surface area contributed by atoms with E-state index in [1.54, 1.807) is 12.4 Å². The van der Waals surface area contributed by atoms with Gasteiger partial charge in [0.05, 0.1) is 22.8 Å². The highest BCUT2D eigenvalue weighted by molar-refractivity contribution is 6.16. The van der Waals surface area contributed by atoms with Crippen LogP contribution in [0.4, 0.5) is 11.4 Å². The number of anilines is 2. The summed E-state index contributed by atoms with van der Waals surface area (Å²) in [6, 6.07) is 19.0. The maximum absolute atomic E-state index is 13.1. The molecule has 2 heterocycles. The van der Waals surface area contributed by atoms with Crippen molar-refractivity contribution in [3.63, 3.8) is 0 Å². The Kier molecular flexibility index (Phi) is 4.19. The Hall–Kier alpha value is -3.47. The number of para-hydroxylation sites is 1. The molecular weight excluding hydrogens is 324 g/mol. The van der Waals surface area contributed by atoms with E-state index in [2.05, 4.69) is 15.4 Å². The van der Waals surface area contributed by atoms with Crippen LogP contribution in [0, 0.1) is 0 Å². The number of benzene rings is 2. The third-order valence-electron chi connectivity index (χ3n) is 4.29. The minimum absolute atomic E-state index is 0.0670. The lowest BCUT2D eigenvalue weighted by atomic mass is 10.0. The zero-order valence-electron chi connectivity index (χ0n) is 14.4. The van der Waals surface area contributed by atoms with Crippen molar-refractivity contribution < 1.29 is 4.79 Å². The van der Waals surface area contributed by atoms with Gasteiger partial charge < -0.3 is 5.32 Å². The first-order valence-electron chi connectivity index (χ1n) is 8.54. The van der Waals surface area contributed by atoms with Crippen molar-refractivity contribution in [3.8, 4) is 0 Å². The van der Waals surface area contributed by atoms with Gasteiger partial charge in [0.15, 0.2) is 11.4 Å². The molecule has 0 atom stereocenters. The van der Waals surface area contributed by atoms with Crippen LogP contribution >= 0.6 is 0 Å². The Morgan fingerprint density at radius 2 is 1.69 bits per heavy atom. The van der Waals surface area contributed by atoms with Gasteiger partial charge in [0, 0.05) is 24.0 Å². The molecule has 4 rings (SSSR count). The Bertz CT molecular complexity index is 1060. The molecular formula is C21H18N4O. The van der Waals surface area contributed by atoms with E-state index in [-0.39, 0.29) is 5.78 Å². The second-order valence-corrected chi connectivity index (χ2v) is 5.93. The predicted molar refractivity (Wildman–Crippen MR) is 103 cm³/mol. The molecule has 0 aliphatic rings. The standard InChI is InChI=1S/C21H18N4O/c1-2-25-21-18(14-23-25)19(24-16-11-7-4-8-12-16)17(13-22-21)20(26)15-9-5-3-6-10-15/h3-14H,2H2,1H3,(H,22,24). The molecule has 0 unspecified atom stereocenters. The van der Waals surface area contributed by atoms with Gasteiger partial charge in [-0.3, -0.25) is 4.79 Å². The average Bonchev–Trinajstić information content (AvgIpc) is 3.13. The summed E-state index contributed by atoms with van der Waals surface area (Å²) in [6.45, 7) is 2.73. The molecule has 0 saturated carbocycles.